The van der Waals surface area contributed by atoms with E-state index in [4.69, 9.17) is 9.11 Å². The van der Waals surface area contributed by atoms with Crippen molar-refractivity contribution < 1.29 is 47.7 Å². The van der Waals surface area contributed by atoms with Crippen molar-refractivity contribution in [2.45, 2.75) is 11.8 Å². The minimum absolute atomic E-state index is 2.14. The first kappa shape index (κ1) is 16.7. The lowest BCUT2D eigenvalue weighted by atomic mass is 10.2. The average molecular weight is 306 g/mol. The Hall–Kier alpha value is -0.340. The van der Waals surface area contributed by atoms with Gasteiger partial charge in [-0.2, -0.15) is 30.2 Å². The van der Waals surface area contributed by atoms with Crippen LogP contribution in [0.1, 0.15) is 0 Å². The summed E-state index contributed by atoms with van der Waals surface area (Å²) < 4.78 is 103. The number of hydrogen-bond acceptors (Lipinski definition) is 5. The molecule has 2 N–H and O–H groups in total. The molecule has 0 aliphatic heterocycles. The molecular weight excluding hydrogens is 300 g/mol. The van der Waals surface area contributed by atoms with E-state index in [0.717, 1.165) is 0 Å². The maximum absolute atomic E-state index is 12.7. The first-order valence-corrected chi connectivity index (χ1v) is 5.89. The second-order valence-corrected chi connectivity index (χ2v) is 4.34. The molecule has 0 aromatic heterocycles. The molecule has 104 valence electrons. The van der Waals surface area contributed by atoms with E-state index in [0.29, 0.717) is 0 Å². The van der Waals surface area contributed by atoms with E-state index in [2.05, 4.69) is 8.37 Å². The fraction of sp³-hybridized carbons (Fsp3) is 1.00. The van der Waals surface area contributed by atoms with Gasteiger partial charge in [0, 0.05) is 0 Å². The van der Waals surface area contributed by atoms with Gasteiger partial charge in [0.2, 0.25) is 0 Å². The fourth-order valence-electron chi connectivity index (χ4n) is 0.484. The van der Waals surface area contributed by atoms with E-state index in [1.54, 1.807) is 0 Å². The number of hydrogen-bond donors (Lipinski definition) is 2. The maximum atomic E-state index is 12.7. The van der Waals surface area contributed by atoms with Crippen molar-refractivity contribution in [3.05, 3.63) is 0 Å². The monoisotopic (exact) mass is 306 g/mol. The zero-order valence-corrected chi connectivity index (χ0v) is 9.31. The second kappa shape index (κ2) is 5.53. The molecule has 17 heavy (non-hydrogen) atoms. The highest BCUT2D eigenvalue weighted by atomic mass is 32.3. The van der Waals surface area contributed by atoms with Crippen LogP contribution in [0.2, 0.25) is 0 Å². The van der Waals surface area contributed by atoms with Crippen molar-refractivity contribution in [2.24, 2.45) is 0 Å². The Kier molecular flexibility index (Phi) is 5.42. The molecule has 0 rings (SSSR count). The maximum Gasteiger partial charge on any atom is 0.397 e. The number of rotatable bonds is 7. The summed E-state index contributed by atoms with van der Waals surface area (Å²) in [6.07, 6.45) is 0. The van der Waals surface area contributed by atoms with E-state index < -0.39 is 46.8 Å². The SMILES string of the molecule is O=S(O)OCC(F)(F)C(F)(F)COS(=O)(=O)O. The Morgan fingerprint density at radius 2 is 1.53 bits per heavy atom. The van der Waals surface area contributed by atoms with Crippen LogP contribution in [0.4, 0.5) is 17.6 Å². The Morgan fingerprint density at radius 3 is 1.88 bits per heavy atom. The molecule has 13 heteroatoms. The Bertz CT molecular complexity index is 379. The van der Waals surface area contributed by atoms with Crippen molar-refractivity contribution in [3.8, 4) is 0 Å². The van der Waals surface area contributed by atoms with Gasteiger partial charge in [-0.25, -0.2) is 4.18 Å². The van der Waals surface area contributed by atoms with Crippen molar-refractivity contribution in [2.75, 3.05) is 13.2 Å². The molecule has 0 saturated carbocycles. The molecule has 0 aromatic carbocycles. The van der Waals surface area contributed by atoms with E-state index in [1.807, 2.05) is 0 Å². The number of alkyl halides is 4. The van der Waals surface area contributed by atoms with Gasteiger partial charge in [-0.15, -0.1) is 0 Å². The predicted octanol–water partition coefficient (Wildman–Crippen LogP) is 0.230. The summed E-state index contributed by atoms with van der Waals surface area (Å²) in [5.41, 5.74) is 0. The summed E-state index contributed by atoms with van der Waals surface area (Å²) in [7, 11) is -5.31. The topological polar surface area (TPSA) is 110 Å². The lowest BCUT2D eigenvalue weighted by Gasteiger charge is -2.24. The van der Waals surface area contributed by atoms with Gasteiger partial charge in [-0.3, -0.25) is 13.3 Å². The van der Waals surface area contributed by atoms with Crippen LogP contribution < -0.4 is 0 Å². The molecule has 0 heterocycles. The van der Waals surface area contributed by atoms with Crippen molar-refractivity contribution in [1.82, 2.24) is 0 Å². The van der Waals surface area contributed by atoms with Gasteiger partial charge in [-0.1, -0.05) is 0 Å². The first-order valence-electron chi connectivity index (χ1n) is 3.49. The van der Waals surface area contributed by atoms with Gasteiger partial charge >= 0.3 is 33.6 Å². The highest BCUT2D eigenvalue weighted by Gasteiger charge is 2.57. The second-order valence-electron chi connectivity index (χ2n) is 2.58. The molecule has 1 atom stereocenters. The van der Waals surface area contributed by atoms with Crippen molar-refractivity contribution in [3.63, 3.8) is 0 Å². The van der Waals surface area contributed by atoms with Crippen molar-refractivity contribution in [1.29, 1.82) is 0 Å². The van der Waals surface area contributed by atoms with Gasteiger partial charge < -0.3 is 0 Å². The quantitative estimate of drug-likeness (QED) is 0.393. The van der Waals surface area contributed by atoms with E-state index >= 15 is 0 Å². The minimum Gasteiger partial charge on any atom is -0.284 e. The van der Waals surface area contributed by atoms with Gasteiger partial charge in [-0.05, 0) is 0 Å². The van der Waals surface area contributed by atoms with Crippen molar-refractivity contribution >= 4 is 21.8 Å². The van der Waals surface area contributed by atoms with Crippen LogP contribution in [0.3, 0.4) is 0 Å². The van der Waals surface area contributed by atoms with Gasteiger partial charge in [0.25, 0.3) is 0 Å². The summed E-state index contributed by atoms with van der Waals surface area (Å²) in [5.74, 6) is -9.99. The molecule has 0 aliphatic rings. The summed E-state index contributed by atoms with van der Waals surface area (Å²) >= 11 is -3.19. The third kappa shape index (κ3) is 6.23. The zero-order chi connectivity index (χ0) is 13.9. The van der Waals surface area contributed by atoms with Crippen LogP contribution in [-0.4, -0.2) is 46.8 Å². The van der Waals surface area contributed by atoms with Crippen LogP contribution in [0.25, 0.3) is 0 Å². The molecule has 0 aromatic rings. The molecule has 0 spiro atoms. The summed E-state index contributed by atoms with van der Waals surface area (Å²) in [6.45, 7) is -4.49. The van der Waals surface area contributed by atoms with Gasteiger partial charge in [0.05, 0.1) is 0 Å². The fourth-order valence-corrected chi connectivity index (χ4v) is 1.03. The zero-order valence-electron chi connectivity index (χ0n) is 7.68. The third-order valence-corrected chi connectivity index (χ3v) is 2.00. The Labute approximate surface area is 95.1 Å². The summed E-state index contributed by atoms with van der Waals surface area (Å²) in [5, 5.41) is 0. The van der Waals surface area contributed by atoms with Crippen LogP contribution in [0.5, 0.6) is 0 Å². The van der Waals surface area contributed by atoms with E-state index in [1.165, 1.54) is 0 Å². The molecule has 0 amide bonds. The molecule has 0 aliphatic carbocycles. The summed E-state index contributed by atoms with van der Waals surface area (Å²) in [6, 6.07) is 0. The number of halogens is 4. The predicted molar refractivity (Wildman–Crippen MR) is 44.1 cm³/mol. The normalized spacial score (nSPS) is 15.9. The molecule has 7 nitrogen and oxygen atoms in total. The van der Waals surface area contributed by atoms with Crippen LogP contribution in [0.15, 0.2) is 0 Å². The van der Waals surface area contributed by atoms with Crippen LogP contribution in [0, 0.1) is 0 Å². The van der Waals surface area contributed by atoms with Gasteiger partial charge in [0.15, 0.2) is 0 Å². The highest BCUT2D eigenvalue weighted by Crippen LogP contribution is 2.35. The first-order chi connectivity index (χ1) is 7.37. The molecule has 0 saturated heterocycles. The highest BCUT2D eigenvalue weighted by molar-refractivity contribution is 7.80. The van der Waals surface area contributed by atoms with E-state index in [9.17, 15) is 30.2 Å². The van der Waals surface area contributed by atoms with Crippen LogP contribution >= 0.6 is 0 Å². The third-order valence-electron chi connectivity index (χ3n) is 1.27. The lowest BCUT2D eigenvalue weighted by molar-refractivity contribution is -0.232. The summed E-state index contributed by atoms with van der Waals surface area (Å²) in [4.78, 5) is 0. The molecular formula is C4H6F4O7S2. The smallest absolute Gasteiger partial charge is 0.284 e. The Balaban J connectivity index is 4.60. The van der Waals surface area contributed by atoms with E-state index in [-0.39, 0.29) is 0 Å². The minimum atomic E-state index is -5.31. The molecule has 0 bridgehead atoms. The van der Waals surface area contributed by atoms with Crippen LogP contribution in [-0.2, 0) is 30.1 Å². The average Bonchev–Trinajstić information content (AvgIpc) is 2.10. The lowest BCUT2D eigenvalue weighted by Crippen LogP contribution is -2.48. The van der Waals surface area contributed by atoms with Gasteiger partial charge in [0.1, 0.15) is 13.2 Å². The Morgan fingerprint density at radius 1 is 1.12 bits per heavy atom. The largest absolute Gasteiger partial charge is 0.397 e. The molecule has 0 fully saturated rings. The molecule has 0 radical (unpaired) electrons. The molecule has 1 unspecified atom stereocenters. The standard InChI is InChI=1S/C4H6F4O7S2/c5-3(6,1-14-16(9)10)4(7,8)2-15-17(11,12)13/h1-2H2,(H,9,10)(H,11,12,13).